The summed E-state index contributed by atoms with van der Waals surface area (Å²) in [6.45, 7) is 2.27. The third-order valence-corrected chi connectivity index (χ3v) is 8.49. The van der Waals surface area contributed by atoms with Crippen LogP contribution in [0.3, 0.4) is 0 Å². The molecule has 5 aromatic rings. The molecule has 0 aliphatic heterocycles. The van der Waals surface area contributed by atoms with Gasteiger partial charge < -0.3 is 15.6 Å². The lowest BCUT2D eigenvalue weighted by Gasteiger charge is -2.15. The maximum atomic E-state index is 13.8. The van der Waals surface area contributed by atoms with Crippen molar-refractivity contribution in [3.63, 3.8) is 0 Å². The summed E-state index contributed by atoms with van der Waals surface area (Å²) in [6, 6.07) is 27.3. The van der Waals surface area contributed by atoms with Crippen molar-refractivity contribution in [2.45, 2.75) is 31.4 Å². The summed E-state index contributed by atoms with van der Waals surface area (Å²) in [6.07, 6.45) is 1.42. The van der Waals surface area contributed by atoms with Crippen molar-refractivity contribution in [2.24, 2.45) is 5.73 Å². The molecular formula is C31H28N2O5S. The number of aliphatic carboxylic acids is 1. The largest absolute Gasteiger partial charge is 0.489 e. The van der Waals surface area contributed by atoms with Crippen LogP contribution in [0.25, 0.3) is 22.0 Å². The zero-order valence-corrected chi connectivity index (χ0v) is 22.2. The number of ether oxygens (including phenoxy) is 1. The molecule has 0 fully saturated rings. The number of benzene rings is 4. The fourth-order valence-electron chi connectivity index (χ4n) is 4.74. The second-order valence-electron chi connectivity index (χ2n) is 9.33. The van der Waals surface area contributed by atoms with Gasteiger partial charge in [0.25, 0.3) is 10.0 Å². The number of hydrogen-bond acceptors (Lipinski definition) is 5. The molecule has 3 N–H and O–H groups in total. The van der Waals surface area contributed by atoms with Crippen LogP contribution in [-0.2, 0) is 34.4 Å². The zero-order chi connectivity index (χ0) is 27.6. The summed E-state index contributed by atoms with van der Waals surface area (Å²) in [5.41, 5.74) is 11.1. The Labute approximate surface area is 227 Å². The Morgan fingerprint density at radius 2 is 1.69 bits per heavy atom. The van der Waals surface area contributed by atoms with Crippen molar-refractivity contribution in [3.05, 3.63) is 119 Å². The lowest BCUT2D eigenvalue weighted by molar-refractivity contribution is -0.136. The average molecular weight is 541 g/mol. The first kappa shape index (κ1) is 26.2. The van der Waals surface area contributed by atoms with E-state index >= 15 is 0 Å². The Balaban J connectivity index is 1.65. The van der Waals surface area contributed by atoms with Gasteiger partial charge in [0.2, 0.25) is 0 Å². The Hall–Kier alpha value is -4.40. The van der Waals surface area contributed by atoms with Crippen LogP contribution in [0.5, 0.6) is 5.75 Å². The van der Waals surface area contributed by atoms with Gasteiger partial charge in [0.1, 0.15) is 12.4 Å². The highest BCUT2D eigenvalue weighted by atomic mass is 32.2. The highest BCUT2D eigenvalue weighted by molar-refractivity contribution is 7.90. The second kappa shape index (κ2) is 10.8. The average Bonchev–Trinajstić information content (AvgIpc) is 3.37. The van der Waals surface area contributed by atoms with E-state index in [2.05, 4.69) is 0 Å². The van der Waals surface area contributed by atoms with Gasteiger partial charge in [-0.2, -0.15) is 0 Å². The van der Waals surface area contributed by atoms with Gasteiger partial charge in [-0.05, 0) is 71.1 Å². The van der Waals surface area contributed by atoms with Crippen LogP contribution in [0.15, 0.2) is 102 Å². The SMILES string of the molecule is Cc1ccccc1S(=O)(=O)n1ccc2c(-c3cccc(CN)c3)cc(COc3ccccc3CC(=O)O)cc21. The van der Waals surface area contributed by atoms with Crippen LogP contribution in [-0.4, -0.2) is 23.5 Å². The lowest BCUT2D eigenvalue weighted by atomic mass is 9.97. The molecule has 0 amide bonds. The molecule has 39 heavy (non-hydrogen) atoms. The molecule has 1 aromatic heterocycles. The van der Waals surface area contributed by atoms with Gasteiger partial charge in [0, 0.05) is 23.7 Å². The van der Waals surface area contributed by atoms with E-state index < -0.39 is 16.0 Å². The van der Waals surface area contributed by atoms with Crippen LogP contribution < -0.4 is 10.5 Å². The standard InChI is InChI=1S/C31H28N2O5S/c1-21-7-2-5-12-30(21)39(36,37)33-14-13-26-27(24-10-6-8-22(15-24)19-32)16-23(17-28(26)33)20-38-29-11-4-3-9-25(29)18-31(34)35/h2-17H,18-20,32H2,1H3,(H,34,35). The number of carbonyl (C=O) groups is 1. The van der Waals surface area contributed by atoms with E-state index in [1.54, 1.807) is 61.7 Å². The number of fused-ring (bicyclic) bond motifs is 1. The Morgan fingerprint density at radius 3 is 2.46 bits per heavy atom. The van der Waals surface area contributed by atoms with Gasteiger partial charge in [-0.25, -0.2) is 12.4 Å². The van der Waals surface area contributed by atoms with E-state index in [-0.39, 0.29) is 17.9 Å². The maximum absolute atomic E-state index is 13.8. The third-order valence-electron chi connectivity index (χ3n) is 6.64. The molecule has 0 aliphatic carbocycles. The molecule has 0 spiro atoms. The first-order valence-electron chi connectivity index (χ1n) is 12.4. The number of nitrogens with zero attached hydrogens (tertiary/aromatic N) is 1. The van der Waals surface area contributed by atoms with Crippen molar-refractivity contribution in [2.75, 3.05) is 0 Å². The number of carboxylic acids is 1. The van der Waals surface area contributed by atoms with Crippen molar-refractivity contribution >= 4 is 26.9 Å². The van der Waals surface area contributed by atoms with Gasteiger partial charge in [-0.3, -0.25) is 4.79 Å². The molecule has 0 radical (unpaired) electrons. The van der Waals surface area contributed by atoms with Crippen LogP contribution in [0.2, 0.25) is 0 Å². The summed E-state index contributed by atoms with van der Waals surface area (Å²) in [4.78, 5) is 11.5. The molecule has 8 heteroatoms. The van der Waals surface area contributed by atoms with Gasteiger partial charge >= 0.3 is 5.97 Å². The predicted molar refractivity (Wildman–Crippen MR) is 151 cm³/mol. The number of para-hydroxylation sites is 1. The van der Waals surface area contributed by atoms with E-state index in [1.807, 2.05) is 42.5 Å². The van der Waals surface area contributed by atoms with Crippen LogP contribution in [0.1, 0.15) is 22.3 Å². The van der Waals surface area contributed by atoms with E-state index in [4.69, 9.17) is 10.5 Å². The fourth-order valence-corrected chi connectivity index (χ4v) is 6.31. The van der Waals surface area contributed by atoms with Gasteiger partial charge in [0.15, 0.2) is 0 Å². The van der Waals surface area contributed by atoms with Gasteiger partial charge in [-0.15, -0.1) is 0 Å². The van der Waals surface area contributed by atoms with Crippen molar-refractivity contribution in [1.82, 2.24) is 3.97 Å². The molecule has 0 unspecified atom stereocenters. The zero-order valence-electron chi connectivity index (χ0n) is 21.4. The van der Waals surface area contributed by atoms with E-state index in [0.29, 0.717) is 28.9 Å². The summed E-state index contributed by atoms with van der Waals surface area (Å²) in [5, 5.41) is 10.0. The Kier molecular flexibility index (Phi) is 7.24. The molecule has 0 saturated carbocycles. The van der Waals surface area contributed by atoms with Crippen LogP contribution >= 0.6 is 0 Å². The molecule has 0 aliphatic rings. The molecule has 198 valence electrons. The highest BCUT2D eigenvalue weighted by Gasteiger charge is 2.22. The quantitative estimate of drug-likeness (QED) is 0.255. The minimum atomic E-state index is -3.88. The minimum absolute atomic E-state index is 0.117. The van der Waals surface area contributed by atoms with Crippen LogP contribution in [0, 0.1) is 6.92 Å². The van der Waals surface area contributed by atoms with E-state index in [0.717, 1.165) is 27.6 Å². The molecule has 0 atom stereocenters. The number of hydrogen-bond donors (Lipinski definition) is 2. The van der Waals surface area contributed by atoms with Crippen molar-refractivity contribution in [1.29, 1.82) is 0 Å². The van der Waals surface area contributed by atoms with Gasteiger partial charge in [0.05, 0.1) is 16.8 Å². The van der Waals surface area contributed by atoms with Crippen LogP contribution in [0.4, 0.5) is 0 Å². The molecular weight excluding hydrogens is 512 g/mol. The summed E-state index contributed by atoms with van der Waals surface area (Å²) in [7, 11) is -3.88. The molecule has 0 saturated heterocycles. The topological polar surface area (TPSA) is 112 Å². The highest BCUT2D eigenvalue weighted by Crippen LogP contribution is 2.34. The minimum Gasteiger partial charge on any atom is -0.489 e. The Morgan fingerprint density at radius 1 is 0.923 bits per heavy atom. The van der Waals surface area contributed by atoms with Crippen molar-refractivity contribution in [3.8, 4) is 16.9 Å². The molecule has 7 nitrogen and oxygen atoms in total. The second-order valence-corrected chi connectivity index (χ2v) is 11.1. The molecule has 4 aromatic carbocycles. The predicted octanol–water partition coefficient (Wildman–Crippen LogP) is 5.52. The fraction of sp³-hybridized carbons (Fsp3) is 0.129. The molecule has 1 heterocycles. The first-order valence-corrected chi connectivity index (χ1v) is 13.9. The molecule has 5 rings (SSSR count). The Bertz CT molecular complexity index is 1790. The summed E-state index contributed by atoms with van der Waals surface area (Å²) < 4.78 is 34.9. The van der Waals surface area contributed by atoms with Gasteiger partial charge in [-0.1, -0.05) is 54.6 Å². The number of nitrogens with two attached hydrogens (primary N) is 1. The number of rotatable bonds is 9. The molecule has 0 bridgehead atoms. The lowest BCUT2D eigenvalue weighted by Crippen LogP contribution is -2.13. The first-order chi connectivity index (χ1) is 18.8. The van der Waals surface area contributed by atoms with E-state index in [9.17, 15) is 18.3 Å². The number of aryl methyl sites for hydroxylation is 1. The summed E-state index contributed by atoms with van der Waals surface area (Å²) >= 11 is 0. The van der Waals surface area contributed by atoms with E-state index in [1.165, 1.54) is 3.97 Å². The maximum Gasteiger partial charge on any atom is 0.307 e. The smallest absolute Gasteiger partial charge is 0.307 e. The third kappa shape index (κ3) is 5.30. The van der Waals surface area contributed by atoms with Crippen molar-refractivity contribution < 1.29 is 23.1 Å². The monoisotopic (exact) mass is 540 g/mol. The number of aromatic nitrogens is 1. The summed E-state index contributed by atoms with van der Waals surface area (Å²) in [5.74, 6) is -0.483. The number of carboxylic acid groups (broad SMARTS) is 1. The normalized spacial score (nSPS) is 11.5.